The number of rotatable bonds is 6. The van der Waals surface area contributed by atoms with Crippen LogP contribution in [0.25, 0.3) is 20.8 Å². The fourth-order valence-electron chi connectivity index (χ4n) is 2.82. The highest BCUT2D eigenvalue weighted by Gasteiger charge is 2.12. The van der Waals surface area contributed by atoms with Gasteiger partial charge in [0, 0.05) is 21.2 Å². The minimum absolute atomic E-state index is 0.330. The fourth-order valence-corrected chi connectivity index (χ4v) is 4.24. The molecule has 0 aliphatic carbocycles. The van der Waals surface area contributed by atoms with Gasteiger partial charge in [0.2, 0.25) is 0 Å². The normalized spacial score (nSPS) is 11.0. The molecule has 0 saturated heterocycles. The molecular weight excluding hydrogens is 413 g/mol. The summed E-state index contributed by atoms with van der Waals surface area (Å²) < 4.78 is 12.9. The van der Waals surface area contributed by atoms with Crippen molar-refractivity contribution in [2.45, 2.75) is 13.5 Å². The molecule has 0 aliphatic heterocycles. The van der Waals surface area contributed by atoms with E-state index in [0.29, 0.717) is 34.8 Å². The molecule has 3 aromatic carbocycles. The summed E-state index contributed by atoms with van der Waals surface area (Å²) in [7, 11) is 0. The Labute approximate surface area is 177 Å². The van der Waals surface area contributed by atoms with Crippen molar-refractivity contribution in [2.75, 3.05) is 6.61 Å². The first kappa shape index (κ1) is 19.1. The van der Waals surface area contributed by atoms with Crippen molar-refractivity contribution in [3.8, 4) is 22.1 Å². The Morgan fingerprint density at radius 1 is 0.929 bits per heavy atom. The minimum Gasteiger partial charge on any atom is -0.490 e. The molecule has 0 aliphatic rings. The molecule has 0 bridgehead atoms. The average Bonchev–Trinajstić information content (AvgIpc) is 3.12. The molecular formula is C22H17Cl2NO2S. The number of fused-ring (bicyclic) bond motifs is 1. The molecule has 3 nitrogen and oxygen atoms in total. The van der Waals surface area contributed by atoms with E-state index >= 15 is 0 Å². The standard InChI is InChI=1S/C22H17Cl2NO2S/c1-2-26-20-11-14(22-25-18-5-3-4-6-21(18)28-22)8-10-19(20)27-13-15-7-9-16(23)12-17(15)24/h3-12H,2,13H2,1H3. The van der Waals surface area contributed by atoms with Crippen LogP contribution in [0.1, 0.15) is 12.5 Å². The predicted octanol–water partition coefficient (Wildman–Crippen LogP) is 7.25. The third-order valence-corrected chi connectivity index (χ3v) is 5.86. The number of para-hydroxylation sites is 1. The molecule has 0 N–H and O–H groups in total. The molecule has 0 fully saturated rings. The molecule has 28 heavy (non-hydrogen) atoms. The van der Waals surface area contributed by atoms with Crippen LogP contribution in [0.15, 0.2) is 60.7 Å². The van der Waals surface area contributed by atoms with Crippen molar-refractivity contribution < 1.29 is 9.47 Å². The topological polar surface area (TPSA) is 31.4 Å². The predicted molar refractivity (Wildman–Crippen MR) is 117 cm³/mol. The lowest BCUT2D eigenvalue weighted by Gasteiger charge is -2.13. The van der Waals surface area contributed by atoms with E-state index in [-0.39, 0.29) is 0 Å². The van der Waals surface area contributed by atoms with E-state index < -0.39 is 0 Å². The maximum Gasteiger partial charge on any atom is 0.161 e. The van der Waals surface area contributed by atoms with Gasteiger partial charge in [0.15, 0.2) is 11.5 Å². The van der Waals surface area contributed by atoms with E-state index in [0.717, 1.165) is 26.4 Å². The number of benzene rings is 3. The first-order valence-corrected chi connectivity index (χ1v) is 10.4. The quantitative estimate of drug-likeness (QED) is 0.323. The monoisotopic (exact) mass is 429 g/mol. The van der Waals surface area contributed by atoms with Gasteiger partial charge in [-0.1, -0.05) is 41.4 Å². The minimum atomic E-state index is 0.330. The third kappa shape index (κ3) is 4.09. The van der Waals surface area contributed by atoms with E-state index in [4.69, 9.17) is 37.7 Å². The van der Waals surface area contributed by atoms with Crippen molar-refractivity contribution in [1.82, 2.24) is 4.98 Å². The Balaban J connectivity index is 1.61. The highest BCUT2D eigenvalue weighted by atomic mass is 35.5. The summed E-state index contributed by atoms with van der Waals surface area (Å²) in [5.41, 5.74) is 2.86. The van der Waals surface area contributed by atoms with Crippen molar-refractivity contribution in [2.24, 2.45) is 0 Å². The number of ether oxygens (including phenoxy) is 2. The Morgan fingerprint density at radius 3 is 2.57 bits per heavy atom. The SMILES string of the molecule is CCOc1cc(-c2nc3ccccc3s2)ccc1OCc1ccc(Cl)cc1Cl. The van der Waals surface area contributed by atoms with Crippen LogP contribution in [0.2, 0.25) is 10.0 Å². The van der Waals surface area contributed by atoms with Crippen molar-refractivity contribution in [1.29, 1.82) is 0 Å². The second kappa shape index (κ2) is 8.39. The summed E-state index contributed by atoms with van der Waals surface area (Å²) in [6.07, 6.45) is 0. The van der Waals surface area contributed by atoms with Crippen LogP contribution in [0.3, 0.4) is 0 Å². The van der Waals surface area contributed by atoms with Gasteiger partial charge in [0.05, 0.1) is 16.8 Å². The van der Waals surface area contributed by atoms with Crippen LogP contribution in [0, 0.1) is 0 Å². The van der Waals surface area contributed by atoms with Crippen molar-refractivity contribution in [3.63, 3.8) is 0 Å². The zero-order valence-electron chi connectivity index (χ0n) is 15.1. The molecule has 1 heterocycles. The molecule has 0 spiro atoms. The summed E-state index contributed by atoms with van der Waals surface area (Å²) in [5.74, 6) is 1.35. The van der Waals surface area contributed by atoms with E-state index in [2.05, 4.69) is 6.07 Å². The van der Waals surface area contributed by atoms with Crippen LogP contribution in [0.5, 0.6) is 11.5 Å². The van der Waals surface area contributed by atoms with Gasteiger partial charge in [0.1, 0.15) is 11.6 Å². The van der Waals surface area contributed by atoms with Gasteiger partial charge in [-0.3, -0.25) is 0 Å². The lowest BCUT2D eigenvalue weighted by molar-refractivity contribution is 0.269. The Morgan fingerprint density at radius 2 is 1.79 bits per heavy atom. The van der Waals surface area contributed by atoms with Crippen molar-refractivity contribution in [3.05, 3.63) is 76.3 Å². The van der Waals surface area contributed by atoms with E-state index in [1.165, 1.54) is 0 Å². The molecule has 6 heteroatoms. The van der Waals surface area contributed by atoms with Gasteiger partial charge >= 0.3 is 0 Å². The fraction of sp³-hybridized carbons (Fsp3) is 0.136. The molecule has 0 atom stereocenters. The number of hydrogen-bond acceptors (Lipinski definition) is 4. The number of hydrogen-bond donors (Lipinski definition) is 0. The molecule has 142 valence electrons. The second-order valence-electron chi connectivity index (χ2n) is 6.11. The van der Waals surface area contributed by atoms with E-state index in [1.54, 1.807) is 23.5 Å². The summed E-state index contributed by atoms with van der Waals surface area (Å²) in [5, 5.41) is 2.13. The summed E-state index contributed by atoms with van der Waals surface area (Å²) in [6, 6.07) is 19.4. The van der Waals surface area contributed by atoms with Crippen LogP contribution in [0.4, 0.5) is 0 Å². The summed E-state index contributed by atoms with van der Waals surface area (Å²) in [4.78, 5) is 4.72. The molecule has 0 amide bonds. The van der Waals surface area contributed by atoms with Crippen LogP contribution >= 0.6 is 34.5 Å². The zero-order chi connectivity index (χ0) is 19.5. The molecule has 4 rings (SSSR count). The van der Waals surface area contributed by atoms with Gasteiger partial charge in [-0.05, 0) is 49.4 Å². The van der Waals surface area contributed by atoms with Gasteiger partial charge in [-0.15, -0.1) is 11.3 Å². The molecule has 0 unspecified atom stereocenters. The van der Waals surface area contributed by atoms with Gasteiger partial charge in [-0.2, -0.15) is 0 Å². The lowest BCUT2D eigenvalue weighted by Crippen LogP contribution is -2.00. The highest BCUT2D eigenvalue weighted by Crippen LogP contribution is 2.36. The molecule has 4 aromatic rings. The maximum atomic E-state index is 6.24. The number of thiazole rings is 1. The van der Waals surface area contributed by atoms with Gasteiger partial charge in [-0.25, -0.2) is 4.98 Å². The Bertz CT molecular complexity index is 1090. The average molecular weight is 430 g/mol. The zero-order valence-corrected chi connectivity index (χ0v) is 17.4. The smallest absolute Gasteiger partial charge is 0.161 e. The van der Waals surface area contributed by atoms with Crippen LogP contribution in [-0.2, 0) is 6.61 Å². The highest BCUT2D eigenvalue weighted by molar-refractivity contribution is 7.21. The second-order valence-corrected chi connectivity index (χ2v) is 7.98. The Kier molecular flexibility index (Phi) is 5.72. The van der Waals surface area contributed by atoms with Gasteiger partial charge < -0.3 is 9.47 Å². The van der Waals surface area contributed by atoms with E-state index in [1.807, 2.05) is 49.4 Å². The molecule has 1 aromatic heterocycles. The van der Waals surface area contributed by atoms with Gasteiger partial charge in [0.25, 0.3) is 0 Å². The van der Waals surface area contributed by atoms with Crippen molar-refractivity contribution >= 4 is 44.8 Å². The first-order valence-electron chi connectivity index (χ1n) is 8.83. The Hall–Kier alpha value is -2.27. The molecule has 0 saturated carbocycles. The number of nitrogens with zero attached hydrogens (tertiary/aromatic N) is 1. The summed E-state index contributed by atoms with van der Waals surface area (Å²) in [6.45, 7) is 2.82. The first-order chi connectivity index (χ1) is 13.6. The number of aromatic nitrogens is 1. The van der Waals surface area contributed by atoms with E-state index in [9.17, 15) is 0 Å². The summed E-state index contributed by atoms with van der Waals surface area (Å²) >= 11 is 13.9. The number of halogens is 2. The molecule has 0 radical (unpaired) electrons. The van der Waals surface area contributed by atoms with Crippen LogP contribution in [-0.4, -0.2) is 11.6 Å². The third-order valence-electron chi connectivity index (χ3n) is 4.18. The lowest BCUT2D eigenvalue weighted by atomic mass is 10.2. The van der Waals surface area contributed by atoms with Crippen LogP contribution < -0.4 is 9.47 Å². The maximum absolute atomic E-state index is 6.24. The largest absolute Gasteiger partial charge is 0.490 e.